The van der Waals surface area contributed by atoms with E-state index in [0.29, 0.717) is 28.4 Å². The number of rotatable bonds is 12. The Hall–Kier alpha value is -2.78. The second-order valence-electron chi connectivity index (χ2n) is 8.81. The van der Waals surface area contributed by atoms with Crippen molar-refractivity contribution in [2.75, 3.05) is 24.2 Å². The van der Waals surface area contributed by atoms with Crippen LogP contribution in [0.2, 0.25) is 5.02 Å². The van der Waals surface area contributed by atoms with E-state index in [1.807, 2.05) is 32.9 Å². The van der Waals surface area contributed by atoms with Crippen molar-refractivity contribution < 1.29 is 22.7 Å². The van der Waals surface area contributed by atoms with Crippen LogP contribution in [-0.2, 0) is 26.2 Å². The second-order valence-corrected chi connectivity index (χ2v) is 11.2. The smallest absolute Gasteiger partial charge is 0.244 e. The number of carbonyl (C=O) groups excluding carboxylic acids is 2. The number of benzene rings is 2. The number of methoxy groups -OCH3 is 1. The molecule has 0 aliphatic rings. The highest BCUT2D eigenvalue weighted by atomic mass is 35.5. The summed E-state index contributed by atoms with van der Waals surface area (Å²) in [5.41, 5.74) is 1.76. The molecule has 0 unspecified atom stereocenters. The highest BCUT2D eigenvalue weighted by molar-refractivity contribution is 7.92. The summed E-state index contributed by atoms with van der Waals surface area (Å²) in [4.78, 5) is 28.3. The first-order chi connectivity index (χ1) is 16.9. The van der Waals surface area contributed by atoms with Crippen LogP contribution in [0, 0.1) is 6.92 Å². The van der Waals surface area contributed by atoms with Gasteiger partial charge in [-0.05, 0) is 68.1 Å². The molecule has 2 aromatic rings. The zero-order valence-electron chi connectivity index (χ0n) is 21.7. The molecule has 0 saturated heterocycles. The van der Waals surface area contributed by atoms with Crippen molar-refractivity contribution in [2.24, 2.45) is 0 Å². The Labute approximate surface area is 219 Å². The number of ether oxygens (including phenoxy) is 1. The molecular weight excluding hydrogens is 502 g/mol. The number of anilines is 1. The van der Waals surface area contributed by atoms with Gasteiger partial charge in [0.15, 0.2) is 0 Å². The summed E-state index contributed by atoms with van der Waals surface area (Å²) >= 11 is 6.06. The third-order valence-electron chi connectivity index (χ3n) is 6.01. The summed E-state index contributed by atoms with van der Waals surface area (Å²) in [5.74, 6) is -0.0984. The molecule has 2 amide bonds. The van der Waals surface area contributed by atoms with E-state index in [-0.39, 0.29) is 18.5 Å². The van der Waals surface area contributed by atoms with Crippen molar-refractivity contribution >= 4 is 39.1 Å². The predicted octanol–water partition coefficient (Wildman–Crippen LogP) is 4.15. The molecule has 0 heterocycles. The Morgan fingerprint density at radius 1 is 1.08 bits per heavy atom. The molecule has 0 bridgehead atoms. The SMILES string of the molecule is CC[C@H](C)NC(=O)[C@H](CC)N(Cc1ccc(OC)cc1)C(=O)CN(c1ccc(Cl)cc1C)S(C)(=O)=O. The molecule has 0 aromatic heterocycles. The zero-order chi connectivity index (χ0) is 27.0. The molecule has 0 saturated carbocycles. The van der Waals surface area contributed by atoms with E-state index < -0.39 is 28.5 Å². The summed E-state index contributed by atoms with van der Waals surface area (Å²) in [5, 5.41) is 3.41. The Bertz CT molecular complexity index is 1150. The van der Waals surface area contributed by atoms with E-state index in [9.17, 15) is 18.0 Å². The molecule has 0 aliphatic heterocycles. The molecule has 0 spiro atoms. The average Bonchev–Trinajstić information content (AvgIpc) is 2.82. The Balaban J connectivity index is 2.46. The Kier molecular flexibility index (Phi) is 10.6. The minimum Gasteiger partial charge on any atom is -0.497 e. The molecule has 2 rings (SSSR count). The van der Waals surface area contributed by atoms with Gasteiger partial charge in [-0.1, -0.05) is 37.6 Å². The van der Waals surface area contributed by atoms with Crippen LogP contribution in [0.5, 0.6) is 5.75 Å². The average molecular weight is 538 g/mol. The number of hydrogen-bond donors (Lipinski definition) is 1. The van der Waals surface area contributed by atoms with Crippen molar-refractivity contribution in [3.63, 3.8) is 0 Å². The number of sulfonamides is 1. The maximum absolute atomic E-state index is 13.7. The van der Waals surface area contributed by atoms with Crippen LogP contribution in [0.4, 0.5) is 5.69 Å². The van der Waals surface area contributed by atoms with E-state index in [1.54, 1.807) is 44.4 Å². The highest BCUT2D eigenvalue weighted by Gasteiger charge is 2.32. The van der Waals surface area contributed by atoms with Gasteiger partial charge in [-0.3, -0.25) is 13.9 Å². The van der Waals surface area contributed by atoms with Crippen LogP contribution >= 0.6 is 11.6 Å². The van der Waals surface area contributed by atoms with Crippen molar-refractivity contribution in [3.8, 4) is 5.75 Å². The summed E-state index contributed by atoms with van der Waals surface area (Å²) in [6.07, 6.45) is 2.16. The number of halogens is 1. The molecule has 0 fully saturated rings. The molecule has 2 aromatic carbocycles. The van der Waals surface area contributed by atoms with Gasteiger partial charge >= 0.3 is 0 Å². The topological polar surface area (TPSA) is 96.0 Å². The fourth-order valence-corrected chi connectivity index (χ4v) is 4.92. The fourth-order valence-electron chi connectivity index (χ4n) is 3.78. The Morgan fingerprint density at radius 3 is 2.22 bits per heavy atom. The predicted molar refractivity (Wildman–Crippen MR) is 144 cm³/mol. The van der Waals surface area contributed by atoms with Crippen LogP contribution in [-0.4, -0.2) is 57.1 Å². The molecule has 0 aliphatic carbocycles. The van der Waals surface area contributed by atoms with Crippen molar-refractivity contribution in [1.29, 1.82) is 0 Å². The van der Waals surface area contributed by atoms with E-state index in [1.165, 1.54) is 4.90 Å². The molecule has 10 heteroatoms. The van der Waals surface area contributed by atoms with Crippen molar-refractivity contribution in [3.05, 3.63) is 58.6 Å². The first-order valence-corrected chi connectivity index (χ1v) is 14.1. The molecule has 36 heavy (non-hydrogen) atoms. The van der Waals surface area contributed by atoms with Crippen LogP contribution in [0.1, 0.15) is 44.7 Å². The van der Waals surface area contributed by atoms with E-state index in [2.05, 4.69) is 5.32 Å². The normalized spacial score (nSPS) is 13.0. The van der Waals surface area contributed by atoms with Gasteiger partial charge in [0.1, 0.15) is 18.3 Å². The monoisotopic (exact) mass is 537 g/mol. The largest absolute Gasteiger partial charge is 0.497 e. The van der Waals surface area contributed by atoms with Gasteiger partial charge in [-0.2, -0.15) is 0 Å². The highest BCUT2D eigenvalue weighted by Crippen LogP contribution is 2.26. The second kappa shape index (κ2) is 13.0. The minimum atomic E-state index is -3.81. The van der Waals surface area contributed by atoms with Crippen LogP contribution in [0.3, 0.4) is 0 Å². The maximum Gasteiger partial charge on any atom is 0.244 e. The summed E-state index contributed by atoms with van der Waals surface area (Å²) < 4.78 is 31.8. The maximum atomic E-state index is 13.7. The van der Waals surface area contributed by atoms with Crippen molar-refractivity contribution in [1.82, 2.24) is 10.2 Å². The molecule has 8 nitrogen and oxygen atoms in total. The number of carbonyl (C=O) groups is 2. The number of nitrogens with zero attached hydrogens (tertiary/aromatic N) is 2. The van der Waals surface area contributed by atoms with Gasteiger partial charge in [0.05, 0.1) is 19.1 Å². The van der Waals surface area contributed by atoms with Gasteiger partial charge in [0, 0.05) is 17.6 Å². The minimum absolute atomic E-state index is 0.0614. The standard InChI is InChI=1S/C26H36ClN3O5S/c1-7-19(4)28-26(32)23(8-2)29(16-20-9-12-22(35-5)13-10-20)25(31)17-30(36(6,33)34)24-14-11-21(27)15-18(24)3/h9-15,19,23H,7-8,16-17H2,1-6H3,(H,28,32)/t19-,23-/m0/s1. The van der Waals surface area contributed by atoms with Crippen molar-refractivity contribution in [2.45, 2.75) is 59.2 Å². The van der Waals surface area contributed by atoms with E-state index >= 15 is 0 Å². The molecular formula is C26H36ClN3O5S. The third-order valence-corrected chi connectivity index (χ3v) is 7.37. The van der Waals surface area contributed by atoms with Gasteiger partial charge < -0.3 is 15.0 Å². The molecule has 198 valence electrons. The van der Waals surface area contributed by atoms with Gasteiger partial charge in [0.2, 0.25) is 21.8 Å². The van der Waals surface area contributed by atoms with Gasteiger partial charge in [-0.25, -0.2) is 8.42 Å². The van der Waals surface area contributed by atoms with Gasteiger partial charge in [-0.15, -0.1) is 0 Å². The molecule has 1 N–H and O–H groups in total. The molecule has 2 atom stereocenters. The van der Waals surface area contributed by atoms with Gasteiger partial charge in [0.25, 0.3) is 0 Å². The lowest BCUT2D eigenvalue weighted by Gasteiger charge is -2.33. The van der Waals surface area contributed by atoms with Crippen LogP contribution < -0.4 is 14.4 Å². The van der Waals surface area contributed by atoms with E-state index in [4.69, 9.17) is 16.3 Å². The quantitative estimate of drug-likeness (QED) is 0.439. The Morgan fingerprint density at radius 2 is 1.72 bits per heavy atom. The van der Waals surface area contributed by atoms with E-state index in [0.717, 1.165) is 22.5 Å². The number of nitrogens with one attached hydrogen (secondary N) is 1. The number of hydrogen-bond acceptors (Lipinski definition) is 5. The lowest BCUT2D eigenvalue weighted by atomic mass is 10.1. The summed E-state index contributed by atoms with van der Waals surface area (Å²) in [7, 11) is -2.25. The van der Waals surface area contributed by atoms with Crippen LogP contribution in [0.25, 0.3) is 0 Å². The zero-order valence-corrected chi connectivity index (χ0v) is 23.3. The fraction of sp³-hybridized carbons (Fsp3) is 0.462. The molecule has 0 radical (unpaired) electrons. The number of aryl methyl sites for hydroxylation is 1. The first-order valence-electron chi connectivity index (χ1n) is 11.9. The number of amides is 2. The lowest BCUT2D eigenvalue weighted by molar-refractivity contribution is -0.140. The lowest BCUT2D eigenvalue weighted by Crippen LogP contribution is -2.53. The summed E-state index contributed by atoms with van der Waals surface area (Å²) in [6.45, 7) is 7.09. The van der Waals surface area contributed by atoms with Crippen LogP contribution in [0.15, 0.2) is 42.5 Å². The third kappa shape index (κ3) is 7.86. The summed E-state index contributed by atoms with van der Waals surface area (Å²) in [6, 6.07) is 11.1. The first kappa shape index (κ1) is 29.5.